The van der Waals surface area contributed by atoms with Gasteiger partial charge in [0.05, 0.1) is 16.6 Å². The van der Waals surface area contributed by atoms with Crippen molar-refractivity contribution in [3.05, 3.63) is 181 Å². The maximum absolute atomic E-state index is 5.10. The van der Waals surface area contributed by atoms with Crippen LogP contribution in [0.3, 0.4) is 0 Å². The van der Waals surface area contributed by atoms with Crippen LogP contribution in [0.5, 0.6) is 0 Å². The topological polar surface area (TPSA) is 17.3 Å². The molecular weight excluding hydrogens is 629 g/mol. The number of aromatic nitrogens is 2. The van der Waals surface area contributed by atoms with E-state index in [2.05, 4.69) is 174 Å². The molecule has 11 aromatic rings. The number of benzene rings is 9. The first-order chi connectivity index (χ1) is 25.8. The standard InChI is InChI=1S/C50H30N2/c1-2-12-31-27-43-35(25-30(31)11-1)26-32-21-22-33(28-42(32)43)48-37-14-4-6-16-39(37)49(40-17-7-5-15-38(40)48)34-23-24-46-44(29-34)36-13-3-8-18-41(36)50-51-45-19-9-10-20-47(45)52(46)50/h1-25,27-29H,26H2. The van der Waals surface area contributed by atoms with E-state index in [1.807, 2.05) is 0 Å². The molecule has 12 rings (SSSR count). The van der Waals surface area contributed by atoms with Crippen molar-refractivity contribution >= 4 is 70.7 Å². The number of imidazole rings is 1. The molecule has 2 aromatic heterocycles. The summed E-state index contributed by atoms with van der Waals surface area (Å²) in [4.78, 5) is 5.10. The molecule has 240 valence electrons. The Bertz CT molecular complexity index is 3270. The summed E-state index contributed by atoms with van der Waals surface area (Å²) in [6.45, 7) is 0. The van der Waals surface area contributed by atoms with Crippen molar-refractivity contribution in [1.82, 2.24) is 9.38 Å². The van der Waals surface area contributed by atoms with Crippen molar-refractivity contribution in [3.8, 4) is 33.4 Å². The van der Waals surface area contributed by atoms with Gasteiger partial charge in [-0.3, -0.25) is 4.40 Å². The predicted molar refractivity (Wildman–Crippen MR) is 219 cm³/mol. The van der Waals surface area contributed by atoms with E-state index in [9.17, 15) is 0 Å². The summed E-state index contributed by atoms with van der Waals surface area (Å²) in [7, 11) is 0. The number of fused-ring (bicyclic) bond motifs is 14. The van der Waals surface area contributed by atoms with Crippen molar-refractivity contribution in [1.29, 1.82) is 0 Å². The summed E-state index contributed by atoms with van der Waals surface area (Å²) in [5.41, 5.74) is 14.9. The van der Waals surface area contributed by atoms with Crippen LogP contribution in [0.15, 0.2) is 170 Å². The monoisotopic (exact) mass is 658 g/mol. The quantitative estimate of drug-likeness (QED) is 0.133. The van der Waals surface area contributed by atoms with E-state index in [1.165, 1.54) is 98.5 Å². The highest BCUT2D eigenvalue weighted by Gasteiger charge is 2.23. The van der Waals surface area contributed by atoms with Crippen LogP contribution in [0.25, 0.3) is 104 Å². The molecule has 0 spiro atoms. The second kappa shape index (κ2) is 10.4. The average molecular weight is 659 g/mol. The second-order valence-electron chi connectivity index (χ2n) is 14.3. The summed E-state index contributed by atoms with van der Waals surface area (Å²) >= 11 is 0. The van der Waals surface area contributed by atoms with Crippen LogP contribution in [0.4, 0.5) is 0 Å². The van der Waals surface area contributed by atoms with E-state index >= 15 is 0 Å². The molecule has 2 heteroatoms. The molecule has 0 radical (unpaired) electrons. The molecular formula is C50H30N2. The number of pyridine rings is 1. The van der Waals surface area contributed by atoms with Crippen LogP contribution in [-0.2, 0) is 6.42 Å². The summed E-state index contributed by atoms with van der Waals surface area (Å²) in [5.74, 6) is 0. The minimum absolute atomic E-state index is 0.980. The molecule has 0 bridgehead atoms. The van der Waals surface area contributed by atoms with Crippen molar-refractivity contribution < 1.29 is 0 Å². The zero-order chi connectivity index (χ0) is 33.9. The van der Waals surface area contributed by atoms with E-state index in [1.54, 1.807) is 0 Å². The fourth-order valence-electron chi connectivity index (χ4n) is 9.24. The Morgan fingerprint density at radius 2 is 0.942 bits per heavy atom. The van der Waals surface area contributed by atoms with Crippen LogP contribution in [0.2, 0.25) is 0 Å². The lowest BCUT2D eigenvalue weighted by molar-refractivity contribution is 1.27. The van der Waals surface area contributed by atoms with E-state index in [0.717, 1.165) is 23.1 Å². The smallest absolute Gasteiger partial charge is 0.146 e. The highest BCUT2D eigenvalue weighted by atomic mass is 15.0. The summed E-state index contributed by atoms with van der Waals surface area (Å²) in [5, 5.41) is 11.3. The lowest BCUT2D eigenvalue weighted by Crippen LogP contribution is -1.94. The molecule has 0 saturated heterocycles. The minimum atomic E-state index is 0.980. The second-order valence-corrected chi connectivity index (χ2v) is 14.3. The Morgan fingerprint density at radius 1 is 0.385 bits per heavy atom. The highest BCUT2D eigenvalue weighted by Crippen LogP contribution is 2.47. The van der Waals surface area contributed by atoms with E-state index in [0.29, 0.717) is 0 Å². The Kier molecular flexibility index (Phi) is 5.59. The third-order valence-electron chi connectivity index (χ3n) is 11.5. The Morgan fingerprint density at radius 3 is 1.67 bits per heavy atom. The van der Waals surface area contributed by atoms with Crippen LogP contribution >= 0.6 is 0 Å². The lowest BCUT2D eigenvalue weighted by Gasteiger charge is -2.19. The number of rotatable bonds is 2. The van der Waals surface area contributed by atoms with Gasteiger partial charge >= 0.3 is 0 Å². The molecule has 0 unspecified atom stereocenters. The molecule has 0 atom stereocenters. The predicted octanol–water partition coefficient (Wildman–Crippen LogP) is 13.2. The van der Waals surface area contributed by atoms with Gasteiger partial charge in [0.2, 0.25) is 0 Å². The fourth-order valence-corrected chi connectivity index (χ4v) is 9.24. The van der Waals surface area contributed by atoms with Gasteiger partial charge in [0.1, 0.15) is 5.65 Å². The summed E-state index contributed by atoms with van der Waals surface area (Å²) < 4.78 is 2.34. The number of para-hydroxylation sites is 2. The SMILES string of the molecule is c1ccc2cc3c(cc2c1)Cc1ccc(-c2c4ccccc4c(-c4ccc5c(c4)c4ccccc4c4nc6ccccc6n54)c4ccccc24)cc1-3. The Hall–Kier alpha value is -6.77. The van der Waals surface area contributed by atoms with E-state index in [-0.39, 0.29) is 0 Å². The van der Waals surface area contributed by atoms with Crippen molar-refractivity contribution in [3.63, 3.8) is 0 Å². The van der Waals surface area contributed by atoms with Crippen LogP contribution < -0.4 is 0 Å². The largest absolute Gasteiger partial charge is 0.292 e. The van der Waals surface area contributed by atoms with Gasteiger partial charge in [0.15, 0.2) is 0 Å². The number of hydrogen-bond donors (Lipinski definition) is 0. The molecule has 2 heterocycles. The molecule has 1 aliphatic carbocycles. The molecule has 0 aliphatic heterocycles. The highest BCUT2D eigenvalue weighted by molar-refractivity contribution is 6.23. The Labute approximate surface area is 299 Å². The summed E-state index contributed by atoms with van der Waals surface area (Å²) in [6.07, 6.45) is 0.980. The first kappa shape index (κ1) is 28.0. The first-order valence-electron chi connectivity index (χ1n) is 18.1. The minimum Gasteiger partial charge on any atom is -0.292 e. The molecule has 2 nitrogen and oxygen atoms in total. The van der Waals surface area contributed by atoms with Crippen molar-refractivity contribution in [2.24, 2.45) is 0 Å². The zero-order valence-corrected chi connectivity index (χ0v) is 28.3. The zero-order valence-electron chi connectivity index (χ0n) is 28.3. The van der Waals surface area contributed by atoms with Gasteiger partial charge in [-0.1, -0.05) is 133 Å². The summed E-state index contributed by atoms with van der Waals surface area (Å²) in [6, 6.07) is 62.9. The lowest BCUT2D eigenvalue weighted by atomic mass is 9.85. The van der Waals surface area contributed by atoms with Crippen molar-refractivity contribution in [2.45, 2.75) is 6.42 Å². The molecule has 52 heavy (non-hydrogen) atoms. The molecule has 0 N–H and O–H groups in total. The molecule has 1 aliphatic rings. The number of nitrogens with zero attached hydrogens (tertiary/aromatic N) is 2. The van der Waals surface area contributed by atoms with Gasteiger partial charge in [-0.25, -0.2) is 4.98 Å². The first-order valence-corrected chi connectivity index (χ1v) is 18.1. The van der Waals surface area contributed by atoms with Gasteiger partial charge in [-0.15, -0.1) is 0 Å². The fraction of sp³-hybridized carbons (Fsp3) is 0.0200. The van der Waals surface area contributed by atoms with E-state index < -0.39 is 0 Å². The third-order valence-corrected chi connectivity index (χ3v) is 11.5. The van der Waals surface area contributed by atoms with Gasteiger partial charge in [-0.2, -0.15) is 0 Å². The van der Waals surface area contributed by atoms with Crippen LogP contribution in [0, 0.1) is 0 Å². The van der Waals surface area contributed by atoms with Crippen LogP contribution in [0.1, 0.15) is 11.1 Å². The average Bonchev–Trinajstić information content (AvgIpc) is 3.77. The number of hydrogen-bond acceptors (Lipinski definition) is 1. The molecule has 9 aromatic carbocycles. The normalized spacial score (nSPS) is 12.5. The Balaban J connectivity index is 1.13. The van der Waals surface area contributed by atoms with Gasteiger partial charge in [0.25, 0.3) is 0 Å². The van der Waals surface area contributed by atoms with E-state index in [4.69, 9.17) is 4.98 Å². The molecule has 0 fully saturated rings. The molecule has 0 amide bonds. The van der Waals surface area contributed by atoms with Crippen molar-refractivity contribution in [2.75, 3.05) is 0 Å². The maximum Gasteiger partial charge on any atom is 0.146 e. The van der Waals surface area contributed by atoms with Gasteiger partial charge < -0.3 is 0 Å². The molecule has 0 saturated carbocycles. The van der Waals surface area contributed by atoms with Gasteiger partial charge in [-0.05, 0) is 125 Å². The maximum atomic E-state index is 5.10. The van der Waals surface area contributed by atoms with Crippen LogP contribution in [-0.4, -0.2) is 9.38 Å². The third kappa shape index (κ3) is 3.81. The van der Waals surface area contributed by atoms with Gasteiger partial charge in [0, 0.05) is 10.8 Å².